The highest BCUT2D eigenvalue weighted by Gasteiger charge is 2.24. The van der Waals surface area contributed by atoms with Gasteiger partial charge in [-0.05, 0) is 42.7 Å². The van der Waals surface area contributed by atoms with Crippen LogP contribution in [-0.2, 0) is 6.42 Å². The number of rotatable bonds is 3. The van der Waals surface area contributed by atoms with Gasteiger partial charge in [0.15, 0.2) is 0 Å². The number of para-hydroxylation sites is 2. The number of hydrogen-bond acceptors (Lipinski definition) is 4. The first kappa shape index (κ1) is 17.1. The second-order valence-electron chi connectivity index (χ2n) is 6.18. The van der Waals surface area contributed by atoms with Crippen LogP contribution in [0, 0.1) is 11.6 Å². The lowest BCUT2D eigenvalue weighted by atomic mass is 10.0. The molecule has 3 aromatic rings. The van der Waals surface area contributed by atoms with E-state index in [0.717, 1.165) is 36.2 Å². The van der Waals surface area contributed by atoms with E-state index in [1.165, 1.54) is 18.3 Å². The van der Waals surface area contributed by atoms with Crippen LogP contribution in [0.2, 0.25) is 0 Å². The average Bonchev–Trinajstić information content (AvgIpc) is 2.70. The standard InChI is InChI=1S/C20H16F2N4O/c21-14-7-3-8-15(22)18(14)25-20-23-11-10-16(24-20)19(27)26-12-4-6-13-5-1-2-9-17(13)26/h1-3,5,7-11H,4,6,12H2,(H,23,24,25). The fourth-order valence-corrected chi connectivity index (χ4v) is 3.15. The van der Waals surface area contributed by atoms with E-state index in [0.29, 0.717) is 6.54 Å². The van der Waals surface area contributed by atoms with Crippen LogP contribution < -0.4 is 10.2 Å². The Bertz CT molecular complexity index is 989. The largest absolute Gasteiger partial charge is 0.319 e. The van der Waals surface area contributed by atoms with Crippen LogP contribution in [-0.4, -0.2) is 22.4 Å². The minimum Gasteiger partial charge on any atom is -0.319 e. The summed E-state index contributed by atoms with van der Waals surface area (Å²) in [5, 5.41) is 2.51. The number of anilines is 3. The van der Waals surface area contributed by atoms with Crippen molar-refractivity contribution in [1.82, 2.24) is 9.97 Å². The molecule has 5 nitrogen and oxygen atoms in total. The molecule has 0 atom stereocenters. The summed E-state index contributed by atoms with van der Waals surface area (Å²) in [7, 11) is 0. The first-order chi connectivity index (χ1) is 13.1. The third-order valence-electron chi connectivity index (χ3n) is 4.43. The Kier molecular flexibility index (Phi) is 4.50. The van der Waals surface area contributed by atoms with Crippen molar-refractivity contribution < 1.29 is 13.6 Å². The van der Waals surface area contributed by atoms with Gasteiger partial charge in [0.1, 0.15) is 23.0 Å². The lowest BCUT2D eigenvalue weighted by Crippen LogP contribution is -2.36. The van der Waals surface area contributed by atoms with Crippen LogP contribution in [0.25, 0.3) is 0 Å². The third-order valence-corrected chi connectivity index (χ3v) is 4.43. The number of benzene rings is 2. The third kappa shape index (κ3) is 3.36. The second kappa shape index (κ2) is 7.11. The zero-order valence-corrected chi connectivity index (χ0v) is 14.3. The van der Waals surface area contributed by atoms with Crippen LogP contribution in [0.5, 0.6) is 0 Å². The van der Waals surface area contributed by atoms with Crippen LogP contribution in [0.1, 0.15) is 22.5 Å². The second-order valence-corrected chi connectivity index (χ2v) is 6.18. The Morgan fingerprint density at radius 2 is 1.81 bits per heavy atom. The molecule has 2 aromatic carbocycles. The molecule has 0 fully saturated rings. The molecule has 0 spiro atoms. The number of aryl methyl sites for hydroxylation is 1. The summed E-state index contributed by atoms with van der Waals surface area (Å²) in [6.07, 6.45) is 3.17. The van der Waals surface area contributed by atoms with E-state index < -0.39 is 11.6 Å². The molecule has 2 heterocycles. The van der Waals surface area contributed by atoms with Gasteiger partial charge in [-0.1, -0.05) is 24.3 Å². The molecule has 0 unspecified atom stereocenters. The highest BCUT2D eigenvalue weighted by molar-refractivity contribution is 6.05. The molecule has 1 aromatic heterocycles. The van der Waals surface area contributed by atoms with E-state index in [1.54, 1.807) is 4.90 Å². The molecular formula is C20H16F2N4O. The SMILES string of the molecule is O=C(c1ccnc(Nc2c(F)cccc2F)n1)N1CCCc2ccccc21. The number of fused-ring (bicyclic) bond motifs is 1. The maximum atomic E-state index is 13.8. The van der Waals surface area contributed by atoms with Crippen molar-refractivity contribution in [2.24, 2.45) is 0 Å². The van der Waals surface area contributed by atoms with E-state index in [1.807, 2.05) is 24.3 Å². The monoisotopic (exact) mass is 366 g/mol. The molecule has 1 N–H and O–H groups in total. The number of carbonyl (C=O) groups excluding carboxylic acids is 1. The molecule has 0 bridgehead atoms. The molecule has 7 heteroatoms. The lowest BCUT2D eigenvalue weighted by molar-refractivity contribution is 0.0980. The number of hydrogen-bond donors (Lipinski definition) is 1. The van der Waals surface area contributed by atoms with Gasteiger partial charge < -0.3 is 10.2 Å². The first-order valence-corrected chi connectivity index (χ1v) is 8.57. The molecule has 0 radical (unpaired) electrons. The van der Waals surface area contributed by atoms with E-state index in [2.05, 4.69) is 15.3 Å². The molecule has 1 amide bonds. The topological polar surface area (TPSA) is 58.1 Å². The molecule has 136 valence electrons. The number of amides is 1. The molecule has 4 rings (SSSR count). The van der Waals surface area contributed by atoms with Crippen LogP contribution in [0.15, 0.2) is 54.7 Å². The number of nitrogens with zero attached hydrogens (tertiary/aromatic N) is 3. The molecular weight excluding hydrogens is 350 g/mol. The van der Waals surface area contributed by atoms with Gasteiger partial charge in [0.05, 0.1) is 0 Å². The Morgan fingerprint density at radius 3 is 2.63 bits per heavy atom. The Labute approximate surface area is 154 Å². The molecule has 1 aliphatic rings. The number of nitrogens with one attached hydrogen (secondary N) is 1. The van der Waals surface area contributed by atoms with Gasteiger partial charge >= 0.3 is 0 Å². The van der Waals surface area contributed by atoms with Crippen molar-refractivity contribution in [2.75, 3.05) is 16.8 Å². The smallest absolute Gasteiger partial charge is 0.277 e. The van der Waals surface area contributed by atoms with Gasteiger partial charge in [0.25, 0.3) is 5.91 Å². The number of aromatic nitrogens is 2. The van der Waals surface area contributed by atoms with Crippen molar-refractivity contribution in [3.05, 3.63) is 77.6 Å². The highest BCUT2D eigenvalue weighted by Crippen LogP contribution is 2.28. The van der Waals surface area contributed by atoms with Gasteiger partial charge in [0, 0.05) is 18.4 Å². The summed E-state index contributed by atoms with van der Waals surface area (Å²) >= 11 is 0. The summed E-state index contributed by atoms with van der Waals surface area (Å²) in [6.45, 7) is 0.588. The fraction of sp³-hybridized carbons (Fsp3) is 0.150. The summed E-state index contributed by atoms with van der Waals surface area (Å²) in [6, 6.07) is 12.8. The van der Waals surface area contributed by atoms with Gasteiger partial charge in [0.2, 0.25) is 5.95 Å². The van der Waals surface area contributed by atoms with Crippen LogP contribution in [0.3, 0.4) is 0 Å². The summed E-state index contributed by atoms with van der Waals surface area (Å²) in [4.78, 5) is 22.7. The number of halogens is 2. The molecule has 1 aliphatic heterocycles. The van der Waals surface area contributed by atoms with Crippen molar-refractivity contribution in [3.63, 3.8) is 0 Å². The Balaban J connectivity index is 1.63. The van der Waals surface area contributed by atoms with Gasteiger partial charge in [-0.2, -0.15) is 0 Å². The van der Waals surface area contributed by atoms with Gasteiger partial charge in [-0.3, -0.25) is 4.79 Å². The molecule has 0 saturated carbocycles. The quantitative estimate of drug-likeness (QED) is 0.758. The minimum atomic E-state index is -0.764. The van der Waals surface area contributed by atoms with E-state index in [-0.39, 0.29) is 23.2 Å². The fourth-order valence-electron chi connectivity index (χ4n) is 3.15. The van der Waals surface area contributed by atoms with E-state index in [9.17, 15) is 13.6 Å². The minimum absolute atomic E-state index is 0.0462. The average molecular weight is 366 g/mol. The molecule has 0 saturated heterocycles. The van der Waals surface area contributed by atoms with Crippen molar-refractivity contribution in [2.45, 2.75) is 12.8 Å². The van der Waals surface area contributed by atoms with Crippen molar-refractivity contribution in [1.29, 1.82) is 0 Å². The van der Waals surface area contributed by atoms with E-state index >= 15 is 0 Å². The summed E-state index contributed by atoms with van der Waals surface area (Å²) < 4.78 is 27.6. The zero-order valence-electron chi connectivity index (χ0n) is 14.3. The Hall–Kier alpha value is -3.35. The van der Waals surface area contributed by atoms with Gasteiger partial charge in [-0.15, -0.1) is 0 Å². The molecule has 0 aliphatic carbocycles. The normalized spacial score (nSPS) is 13.2. The van der Waals surface area contributed by atoms with Crippen LogP contribution >= 0.6 is 0 Å². The van der Waals surface area contributed by atoms with Crippen LogP contribution in [0.4, 0.5) is 26.1 Å². The zero-order chi connectivity index (χ0) is 18.8. The van der Waals surface area contributed by atoms with Crippen molar-refractivity contribution >= 4 is 23.2 Å². The maximum Gasteiger partial charge on any atom is 0.277 e. The number of carbonyl (C=O) groups is 1. The predicted octanol–water partition coefficient (Wildman–Crippen LogP) is 4.09. The molecule has 27 heavy (non-hydrogen) atoms. The summed E-state index contributed by atoms with van der Waals surface area (Å²) in [5.41, 5.74) is 1.77. The highest BCUT2D eigenvalue weighted by atomic mass is 19.1. The maximum absolute atomic E-state index is 13.8. The Morgan fingerprint density at radius 1 is 1.04 bits per heavy atom. The van der Waals surface area contributed by atoms with E-state index in [4.69, 9.17) is 0 Å². The lowest BCUT2D eigenvalue weighted by Gasteiger charge is -2.29. The van der Waals surface area contributed by atoms with Gasteiger partial charge in [-0.25, -0.2) is 18.7 Å². The first-order valence-electron chi connectivity index (χ1n) is 8.57. The summed E-state index contributed by atoms with van der Waals surface area (Å²) in [5.74, 6) is -1.85. The van der Waals surface area contributed by atoms with Crippen molar-refractivity contribution in [3.8, 4) is 0 Å². The predicted molar refractivity (Wildman–Crippen MR) is 98.1 cm³/mol.